The van der Waals surface area contributed by atoms with Crippen molar-refractivity contribution >= 4 is 34.8 Å². The molecule has 8 heteroatoms. The molecular weight excluding hydrogens is 446 g/mol. The molecular formula is C24H24ClN3O3S. The van der Waals surface area contributed by atoms with Crippen molar-refractivity contribution in [2.24, 2.45) is 0 Å². The summed E-state index contributed by atoms with van der Waals surface area (Å²) in [6.07, 6.45) is 0. The van der Waals surface area contributed by atoms with Crippen molar-refractivity contribution in [2.75, 3.05) is 33.3 Å². The fourth-order valence-corrected chi connectivity index (χ4v) is 4.87. The Morgan fingerprint density at radius 2 is 1.75 bits per heavy atom. The minimum Gasteiger partial charge on any atom is -0.468 e. The first-order valence-electron chi connectivity index (χ1n) is 10.4. The topological polar surface area (TPSA) is 62.7 Å². The highest BCUT2D eigenvalue weighted by Gasteiger charge is 2.34. The Labute approximate surface area is 196 Å². The summed E-state index contributed by atoms with van der Waals surface area (Å²) in [5, 5.41) is 3.16. The number of ether oxygens (including phenoxy) is 1. The summed E-state index contributed by atoms with van der Waals surface area (Å²) >= 11 is 7.82. The molecule has 3 aromatic rings. The number of hydrogen-bond donors (Lipinski definition) is 0. The Balaban J connectivity index is 1.45. The summed E-state index contributed by atoms with van der Waals surface area (Å²) < 4.78 is 5.04. The van der Waals surface area contributed by atoms with Crippen LogP contribution in [0.1, 0.15) is 27.7 Å². The molecule has 0 radical (unpaired) electrons. The van der Waals surface area contributed by atoms with Crippen molar-refractivity contribution in [2.45, 2.75) is 13.0 Å². The molecule has 1 amide bonds. The molecule has 0 aliphatic carbocycles. The van der Waals surface area contributed by atoms with Crippen LogP contribution < -0.4 is 0 Å². The lowest BCUT2D eigenvalue weighted by molar-refractivity contribution is -0.148. The van der Waals surface area contributed by atoms with Crippen LogP contribution in [0.2, 0.25) is 5.02 Å². The van der Waals surface area contributed by atoms with Gasteiger partial charge < -0.3 is 9.64 Å². The number of esters is 1. The monoisotopic (exact) mass is 469 g/mol. The van der Waals surface area contributed by atoms with Gasteiger partial charge in [0.1, 0.15) is 16.7 Å². The first-order chi connectivity index (χ1) is 15.5. The fourth-order valence-electron chi connectivity index (χ4n) is 3.83. The minimum atomic E-state index is -0.599. The Bertz CT molecular complexity index is 1110. The molecule has 0 N–H and O–H groups in total. The average molecular weight is 470 g/mol. The van der Waals surface area contributed by atoms with Gasteiger partial charge in [-0.25, -0.2) is 9.78 Å². The number of halogens is 1. The molecule has 1 aromatic heterocycles. The predicted octanol–water partition coefficient (Wildman–Crippen LogP) is 4.44. The van der Waals surface area contributed by atoms with Gasteiger partial charge in [-0.3, -0.25) is 9.69 Å². The maximum atomic E-state index is 13.0. The standard InChI is InChI=1S/C24H24ClN3O3S/c1-16-7-9-17(10-8-16)22-26-20(15-32-22)23(29)28-13-11-27(12-14-28)21(24(30)31-2)18-5-3-4-6-19(18)25/h3-10,15,21H,11-14H2,1-2H3/t21-/m1/s1. The average Bonchev–Trinajstić information content (AvgIpc) is 3.31. The van der Waals surface area contributed by atoms with Crippen LogP contribution in [0.3, 0.4) is 0 Å². The maximum Gasteiger partial charge on any atom is 0.327 e. The molecule has 1 aliphatic rings. The number of thiazole rings is 1. The van der Waals surface area contributed by atoms with E-state index in [9.17, 15) is 9.59 Å². The van der Waals surface area contributed by atoms with Gasteiger partial charge in [0.15, 0.2) is 0 Å². The maximum absolute atomic E-state index is 13.0. The van der Waals surface area contributed by atoms with Crippen LogP contribution in [0.4, 0.5) is 0 Å². The number of rotatable bonds is 5. The Morgan fingerprint density at radius 1 is 1.06 bits per heavy atom. The van der Waals surface area contributed by atoms with Crippen LogP contribution in [0.5, 0.6) is 0 Å². The van der Waals surface area contributed by atoms with Gasteiger partial charge >= 0.3 is 5.97 Å². The van der Waals surface area contributed by atoms with E-state index in [4.69, 9.17) is 16.3 Å². The molecule has 4 rings (SSSR count). The Hall–Kier alpha value is -2.74. The van der Waals surface area contributed by atoms with Crippen molar-refractivity contribution < 1.29 is 14.3 Å². The third-order valence-corrected chi connectivity index (χ3v) is 6.85. The summed E-state index contributed by atoms with van der Waals surface area (Å²) in [5.74, 6) is -0.452. The molecule has 166 valence electrons. The number of aryl methyl sites for hydroxylation is 1. The van der Waals surface area contributed by atoms with Crippen LogP contribution in [0.25, 0.3) is 10.6 Å². The molecule has 1 saturated heterocycles. The summed E-state index contributed by atoms with van der Waals surface area (Å²) in [5.41, 5.74) is 3.35. The van der Waals surface area contributed by atoms with Crippen molar-refractivity contribution in [1.29, 1.82) is 0 Å². The van der Waals surface area contributed by atoms with E-state index < -0.39 is 6.04 Å². The van der Waals surface area contributed by atoms with Crippen LogP contribution in [0.15, 0.2) is 53.9 Å². The van der Waals surface area contributed by atoms with Crippen molar-refractivity contribution in [3.63, 3.8) is 0 Å². The lowest BCUT2D eigenvalue weighted by Crippen LogP contribution is -2.51. The van der Waals surface area contributed by atoms with Gasteiger partial charge in [0, 0.05) is 42.1 Å². The summed E-state index contributed by atoms with van der Waals surface area (Å²) in [4.78, 5) is 33.9. The van der Waals surface area contributed by atoms with E-state index in [2.05, 4.69) is 4.98 Å². The van der Waals surface area contributed by atoms with E-state index in [0.717, 1.165) is 10.6 Å². The van der Waals surface area contributed by atoms with E-state index in [0.29, 0.717) is 42.5 Å². The van der Waals surface area contributed by atoms with Gasteiger partial charge in [-0.2, -0.15) is 0 Å². The van der Waals surface area contributed by atoms with Gasteiger partial charge in [-0.05, 0) is 18.6 Å². The quantitative estimate of drug-likeness (QED) is 0.517. The second-order valence-electron chi connectivity index (χ2n) is 7.68. The highest BCUT2D eigenvalue weighted by molar-refractivity contribution is 7.13. The molecule has 0 bridgehead atoms. The molecule has 2 heterocycles. The third kappa shape index (κ3) is 4.70. The zero-order chi connectivity index (χ0) is 22.7. The Kier molecular flexibility index (Phi) is 6.89. The number of benzene rings is 2. The van der Waals surface area contributed by atoms with Gasteiger partial charge in [0.05, 0.1) is 7.11 Å². The van der Waals surface area contributed by atoms with Crippen molar-refractivity contribution in [1.82, 2.24) is 14.8 Å². The molecule has 0 spiro atoms. The molecule has 1 aliphatic heterocycles. The molecule has 1 fully saturated rings. The second-order valence-corrected chi connectivity index (χ2v) is 8.94. The predicted molar refractivity (Wildman–Crippen MR) is 126 cm³/mol. The summed E-state index contributed by atoms with van der Waals surface area (Å²) in [6.45, 7) is 4.09. The minimum absolute atomic E-state index is 0.0911. The lowest BCUT2D eigenvalue weighted by Gasteiger charge is -2.38. The Morgan fingerprint density at radius 3 is 2.41 bits per heavy atom. The number of methoxy groups -OCH3 is 1. The highest BCUT2D eigenvalue weighted by atomic mass is 35.5. The van der Waals surface area contributed by atoms with Crippen LogP contribution in [-0.2, 0) is 9.53 Å². The zero-order valence-electron chi connectivity index (χ0n) is 18.0. The van der Waals surface area contributed by atoms with Crippen LogP contribution >= 0.6 is 22.9 Å². The molecule has 6 nitrogen and oxygen atoms in total. The molecule has 0 saturated carbocycles. The van der Waals surface area contributed by atoms with Crippen LogP contribution in [-0.4, -0.2) is 59.9 Å². The SMILES string of the molecule is COC(=O)[C@@H](c1ccccc1Cl)N1CCN(C(=O)c2csc(-c3ccc(C)cc3)n2)CC1. The van der Waals surface area contributed by atoms with Crippen molar-refractivity contribution in [3.05, 3.63) is 75.8 Å². The molecule has 0 unspecified atom stereocenters. The van der Waals surface area contributed by atoms with Crippen molar-refractivity contribution in [3.8, 4) is 10.6 Å². The normalized spacial score (nSPS) is 15.4. The van der Waals surface area contributed by atoms with Gasteiger partial charge in [-0.15, -0.1) is 11.3 Å². The van der Waals surface area contributed by atoms with E-state index in [1.54, 1.807) is 11.0 Å². The van der Waals surface area contributed by atoms with E-state index >= 15 is 0 Å². The first-order valence-corrected chi connectivity index (χ1v) is 11.6. The summed E-state index contributed by atoms with van der Waals surface area (Å²) in [6, 6.07) is 14.8. The fraction of sp³-hybridized carbons (Fsp3) is 0.292. The van der Waals surface area contributed by atoms with E-state index in [1.165, 1.54) is 24.0 Å². The smallest absolute Gasteiger partial charge is 0.327 e. The number of hydrogen-bond acceptors (Lipinski definition) is 6. The lowest BCUT2D eigenvalue weighted by atomic mass is 10.0. The summed E-state index contributed by atoms with van der Waals surface area (Å²) in [7, 11) is 1.37. The number of nitrogens with zero attached hydrogens (tertiary/aromatic N) is 3. The second kappa shape index (κ2) is 9.81. The van der Waals surface area contributed by atoms with Crippen LogP contribution in [0, 0.1) is 6.92 Å². The largest absolute Gasteiger partial charge is 0.468 e. The number of amides is 1. The van der Waals surface area contributed by atoms with Gasteiger partial charge in [-0.1, -0.05) is 59.6 Å². The highest BCUT2D eigenvalue weighted by Crippen LogP contribution is 2.30. The molecule has 1 atom stereocenters. The number of aromatic nitrogens is 1. The number of carbonyl (C=O) groups is 2. The van der Waals surface area contributed by atoms with E-state index in [1.807, 2.05) is 59.7 Å². The molecule has 32 heavy (non-hydrogen) atoms. The van der Waals surface area contributed by atoms with Gasteiger partial charge in [0.25, 0.3) is 5.91 Å². The van der Waals surface area contributed by atoms with Gasteiger partial charge in [0.2, 0.25) is 0 Å². The first kappa shape index (κ1) is 22.5. The third-order valence-electron chi connectivity index (χ3n) is 5.61. The molecule has 2 aromatic carbocycles. The number of piperazine rings is 1. The number of carbonyl (C=O) groups excluding carboxylic acids is 2. The zero-order valence-corrected chi connectivity index (χ0v) is 19.5. The van der Waals surface area contributed by atoms with E-state index in [-0.39, 0.29) is 11.9 Å².